The Kier molecular flexibility index (Phi) is 4.90. The number of hydrogen-bond donors (Lipinski definition) is 1. The summed E-state index contributed by atoms with van der Waals surface area (Å²) in [6.45, 7) is 1.60. The van der Waals surface area contributed by atoms with Crippen LogP contribution in [0.4, 0.5) is 13.2 Å². The second-order valence-electron chi connectivity index (χ2n) is 2.48. The van der Waals surface area contributed by atoms with Gasteiger partial charge in [0.05, 0.1) is 0 Å². The van der Waals surface area contributed by atoms with Gasteiger partial charge in [-0.3, -0.25) is 0 Å². The van der Waals surface area contributed by atoms with Crippen LogP contribution in [-0.4, -0.2) is 13.2 Å². The first-order valence-corrected chi connectivity index (χ1v) is 3.94. The van der Waals surface area contributed by atoms with Crippen LogP contribution in [0.1, 0.15) is 13.3 Å². The van der Waals surface area contributed by atoms with Crippen molar-refractivity contribution < 1.29 is 13.2 Å². The summed E-state index contributed by atoms with van der Waals surface area (Å²) in [5.74, 6) is -0.0372. The molecule has 0 saturated carbocycles. The monoisotopic (exact) mass is 207 g/mol. The van der Waals surface area contributed by atoms with E-state index in [0.717, 1.165) is 6.08 Å². The molecule has 0 atom stereocenters. The first kappa shape index (κ1) is 12.7. The van der Waals surface area contributed by atoms with Gasteiger partial charge < -0.3 is 5.73 Å². The van der Waals surface area contributed by atoms with Gasteiger partial charge in [-0.15, -0.1) is 5.11 Å². The molecule has 0 spiro atoms. The van der Waals surface area contributed by atoms with Gasteiger partial charge in [0, 0.05) is 13.1 Å². The zero-order chi connectivity index (χ0) is 11.2. The second kappa shape index (κ2) is 5.41. The van der Waals surface area contributed by atoms with E-state index in [1.54, 1.807) is 6.92 Å². The Hall–Kier alpha value is -1.33. The molecule has 0 radical (unpaired) electrons. The highest BCUT2D eigenvalue weighted by Gasteiger charge is 2.23. The fourth-order valence-corrected chi connectivity index (χ4v) is 0.790. The summed E-state index contributed by atoms with van der Waals surface area (Å²) in [6.07, 6.45) is -2.74. The third kappa shape index (κ3) is 6.22. The number of azo groups is 1. The van der Waals surface area contributed by atoms with Crippen molar-refractivity contribution in [1.82, 2.24) is 0 Å². The van der Waals surface area contributed by atoms with Gasteiger partial charge in [-0.25, -0.2) is 0 Å². The standard InChI is InChI=1S/C8H12F3N3/c1-3-6(5-8(9,10)11)4-7(12)14-13-2/h4-5H,3,12H2,1-2H3/b6-5+,7-4-,14-13?. The molecule has 0 aliphatic carbocycles. The molecule has 6 heteroatoms. The molecule has 0 aromatic rings. The van der Waals surface area contributed by atoms with Crippen molar-refractivity contribution in [3.05, 3.63) is 23.5 Å². The Morgan fingerprint density at radius 1 is 1.43 bits per heavy atom. The molecule has 80 valence electrons. The van der Waals surface area contributed by atoms with E-state index in [2.05, 4.69) is 10.2 Å². The largest absolute Gasteiger partial charge is 0.410 e. The van der Waals surface area contributed by atoms with E-state index in [1.165, 1.54) is 7.05 Å². The average molecular weight is 207 g/mol. The molecule has 0 rings (SSSR count). The van der Waals surface area contributed by atoms with Crippen molar-refractivity contribution >= 4 is 0 Å². The summed E-state index contributed by atoms with van der Waals surface area (Å²) in [5.41, 5.74) is 5.34. The molecular formula is C8H12F3N3. The number of nitrogens with zero attached hydrogens (tertiary/aromatic N) is 2. The van der Waals surface area contributed by atoms with Gasteiger partial charge in [-0.05, 0) is 18.1 Å². The first-order chi connectivity index (χ1) is 6.39. The van der Waals surface area contributed by atoms with Crippen molar-refractivity contribution in [1.29, 1.82) is 0 Å². The SMILES string of the molecule is CCC(/C=C(/N)N=NC)=C\C(F)(F)F. The van der Waals surface area contributed by atoms with Crippen LogP contribution in [0, 0.1) is 0 Å². The Labute approximate surface area is 80.2 Å². The number of allylic oxidation sites excluding steroid dienone is 3. The number of rotatable bonds is 3. The van der Waals surface area contributed by atoms with Gasteiger partial charge in [0.1, 0.15) is 5.82 Å². The van der Waals surface area contributed by atoms with Gasteiger partial charge in [0.25, 0.3) is 0 Å². The molecule has 0 unspecified atom stereocenters. The predicted octanol–water partition coefficient (Wildman–Crippen LogP) is 2.77. The molecule has 0 aliphatic rings. The van der Waals surface area contributed by atoms with Crippen molar-refractivity contribution in [2.24, 2.45) is 16.0 Å². The van der Waals surface area contributed by atoms with Crippen molar-refractivity contribution in [3.8, 4) is 0 Å². The van der Waals surface area contributed by atoms with E-state index >= 15 is 0 Å². The second-order valence-corrected chi connectivity index (χ2v) is 2.48. The Morgan fingerprint density at radius 3 is 2.36 bits per heavy atom. The molecule has 0 aromatic carbocycles. The third-order valence-electron chi connectivity index (χ3n) is 1.31. The number of alkyl halides is 3. The molecule has 0 aromatic heterocycles. The van der Waals surface area contributed by atoms with Crippen LogP contribution in [-0.2, 0) is 0 Å². The van der Waals surface area contributed by atoms with Crippen molar-refractivity contribution in [3.63, 3.8) is 0 Å². The van der Waals surface area contributed by atoms with Gasteiger partial charge in [0.2, 0.25) is 0 Å². The number of nitrogens with two attached hydrogens (primary N) is 1. The average Bonchev–Trinajstić information content (AvgIpc) is 2.01. The molecule has 0 fully saturated rings. The summed E-state index contributed by atoms with van der Waals surface area (Å²) >= 11 is 0. The van der Waals surface area contributed by atoms with E-state index in [4.69, 9.17) is 5.73 Å². The van der Waals surface area contributed by atoms with Gasteiger partial charge in [-0.2, -0.15) is 18.3 Å². The Balaban J connectivity index is 4.75. The number of hydrogen-bond acceptors (Lipinski definition) is 3. The summed E-state index contributed by atoms with van der Waals surface area (Å²) in [5, 5.41) is 6.74. The first-order valence-electron chi connectivity index (χ1n) is 3.94. The Morgan fingerprint density at radius 2 is 2.00 bits per heavy atom. The molecule has 14 heavy (non-hydrogen) atoms. The quantitative estimate of drug-likeness (QED) is 0.561. The molecule has 2 N–H and O–H groups in total. The highest BCUT2D eigenvalue weighted by molar-refractivity contribution is 5.22. The fraction of sp³-hybridized carbons (Fsp3) is 0.500. The van der Waals surface area contributed by atoms with E-state index in [0.29, 0.717) is 0 Å². The maximum Gasteiger partial charge on any atom is 0.410 e. The van der Waals surface area contributed by atoms with Crippen LogP contribution in [0.25, 0.3) is 0 Å². The van der Waals surface area contributed by atoms with Crippen LogP contribution < -0.4 is 5.73 Å². The molecular weight excluding hydrogens is 195 g/mol. The van der Waals surface area contributed by atoms with Crippen molar-refractivity contribution in [2.75, 3.05) is 7.05 Å². The summed E-state index contributed by atoms with van der Waals surface area (Å²) in [6, 6.07) is 0. The number of halogens is 3. The lowest BCUT2D eigenvalue weighted by atomic mass is 10.2. The predicted molar refractivity (Wildman–Crippen MR) is 47.5 cm³/mol. The minimum Gasteiger partial charge on any atom is -0.382 e. The van der Waals surface area contributed by atoms with E-state index < -0.39 is 6.18 Å². The van der Waals surface area contributed by atoms with Crippen LogP contribution in [0.15, 0.2) is 33.8 Å². The van der Waals surface area contributed by atoms with E-state index in [-0.39, 0.29) is 23.9 Å². The summed E-state index contributed by atoms with van der Waals surface area (Å²) in [4.78, 5) is 0. The minimum absolute atomic E-state index is 0.0372. The molecule has 0 amide bonds. The zero-order valence-corrected chi connectivity index (χ0v) is 7.97. The zero-order valence-electron chi connectivity index (χ0n) is 7.97. The van der Waals surface area contributed by atoms with Crippen LogP contribution in [0.2, 0.25) is 0 Å². The molecule has 0 bridgehead atoms. The lowest BCUT2D eigenvalue weighted by Crippen LogP contribution is -2.03. The van der Waals surface area contributed by atoms with Crippen molar-refractivity contribution in [2.45, 2.75) is 19.5 Å². The fourth-order valence-electron chi connectivity index (χ4n) is 0.790. The van der Waals surface area contributed by atoms with Gasteiger partial charge in [0.15, 0.2) is 0 Å². The topological polar surface area (TPSA) is 50.7 Å². The van der Waals surface area contributed by atoms with E-state index in [9.17, 15) is 13.2 Å². The Bertz CT molecular complexity index is 263. The normalized spacial score (nSPS) is 15.2. The third-order valence-corrected chi connectivity index (χ3v) is 1.31. The minimum atomic E-state index is -4.33. The molecule has 0 heterocycles. The van der Waals surface area contributed by atoms with Crippen LogP contribution >= 0.6 is 0 Å². The molecule has 0 aliphatic heterocycles. The highest BCUT2D eigenvalue weighted by Crippen LogP contribution is 2.20. The summed E-state index contributed by atoms with van der Waals surface area (Å²) < 4.78 is 35.8. The lowest BCUT2D eigenvalue weighted by molar-refractivity contribution is -0.0804. The summed E-state index contributed by atoms with van der Waals surface area (Å²) in [7, 11) is 1.39. The lowest BCUT2D eigenvalue weighted by Gasteiger charge is -2.02. The molecule has 0 saturated heterocycles. The van der Waals surface area contributed by atoms with Gasteiger partial charge >= 0.3 is 6.18 Å². The maximum absolute atomic E-state index is 11.9. The van der Waals surface area contributed by atoms with Crippen LogP contribution in [0.3, 0.4) is 0 Å². The van der Waals surface area contributed by atoms with E-state index in [1.807, 2.05) is 0 Å². The maximum atomic E-state index is 11.9. The smallest absolute Gasteiger partial charge is 0.382 e. The molecule has 3 nitrogen and oxygen atoms in total. The highest BCUT2D eigenvalue weighted by atomic mass is 19.4. The van der Waals surface area contributed by atoms with Crippen LogP contribution in [0.5, 0.6) is 0 Å². The van der Waals surface area contributed by atoms with Gasteiger partial charge in [-0.1, -0.05) is 6.92 Å².